The van der Waals surface area contributed by atoms with Crippen molar-refractivity contribution in [2.75, 3.05) is 5.32 Å². The molecule has 4 heterocycles. The summed E-state index contributed by atoms with van der Waals surface area (Å²) in [6.07, 6.45) is 9.37. The fourth-order valence-corrected chi connectivity index (χ4v) is 3.92. The summed E-state index contributed by atoms with van der Waals surface area (Å²) in [6.45, 7) is 6.01. The van der Waals surface area contributed by atoms with E-state index in [2.05, 4.69) is 45.6 Å². The van der Waals surface area contributed by atoms with E-state index in [1.807, 2.05) is 50.0 Å². The van der Waals surface area contributed by atoms with Crippen LogP contribution in [0.5, 0.6) is 0 Å². The molecule has 0 radical (unpaired) electrons. The molecule has 0 saturated carbocycles. The number of aromatic nitrogens is 6. The Morgan fingerprint density at radius 1 is 0.941 bits per heavy atom. The predicted octanol–water partition coefficient (Wildman–Crippen LogP) is 4.72. The van der Waals surface area contributed by atoms with Crippen LogP contribution >= 0.6 is 0 Å². The Morgan fingerprint density at radius 2 is 1.76 bits per heavy atom. The zero-order chi connectivity index (χ0) is 23.9. The molecule has 34 heavy (non-hydrogen) atoms. The second-order valence-electron chi connectivity index (χ2n) is 9.26. The van der Waals surface area contributed by atoms with E-state index in [0.717, 1.165) is 50.4 Å². The van der Waals surface area contributed by atoms with E-state index in [4.69, 9.17) is 4.98 Å². The second kappa shape index (κ2) is 8.39. The highest BCUT2D eigenvalue weighted by molar-refractivity contribution is 5.83. The normalized spacial score (nSPS) is 11.8. The van der Waals surface area contributed by atoms with Crippen LogP contribution in [0.15, 0.2) is 67.4 Å². The van der Waals surface area contributed by atoms with Gasteiger partial charge in [-0.05, 0) is 56.2 Å². The maximum absolute atomic E-state index is 10.0. The number of aliphatic hydroxyl groups is 1. The zero-order valence-electron chi connectivity index (χ0n) is 19.7. The lowest BCUT2D eigenvalue weighted by molar-refractivity contribution is 0.0577. The molecule has 1 aromatic carbocycles. The third-order valence-corrected chi connectivity index (χ3v) is 5.58. The van der Waals surface area contributed by atoms with Crippen molar-refractivity contribution in [3.63, 3.8) is 0 Å². The van der Waals surface area contributed by atoms with Gasteiger partial charge in [-0.1, -0.05) is 6.07 Å². The van der Waals surface area contributed by atoms with Crippen molar-refractivity contribution in [2.24, 2.45) is 7.05 Å². The van der Waals surface area contributed by atoms with Gasteiger partial charge in [-0.3, -0.25) is 9.36 Å². The summed E-state index contributed by atoms with van der Waals surface area (Å²) in [6, 6.07) is 12.2. The van der Waals surface area contributed by atoms with Crippen LogP contribution in [0, 0.1) is 6.92 Å². The van der Waals surface area contributed by atoms with Crippen LogP contribution < -0.4 is 5.32 Å². The summed E-state index contributed by atoms with van der Waals surface area (Å²) in [5.41, 5.74) is 6.05. The van der Waals surface area contributed by atoms with Crippen molar-refractivity contribution in [1.29, 1.82) is 0 Å². The Bertz CT molecular complexity index is 1480. The van der Waals surface area contributed by atoms with Crippen LogP contribution in [-0.2, 0) is 13.6 Å². The van der Waals surface area contributed by atoms with Gasteiger partial charge in [0.25, 0.3) is 0 Å². The molecule has 0 atom stereocenters. The maximum atomic E-state index is 10.0. The molecule has 0 aliphatic heterocycles. The minimum Gasteiger partial charge on any atom is -0.389 e. The Balaban J connectivity index is 1.40. The van der Waals surface area contributed by atoms with Crippen LogP contribution in [0.4, 0.5) is 11.5 Å². The van der Waals surface area contributed by atoms with E-state index in [1.54, 1.807) is 29.4 Å². The molecule has 8 heteroatoms. The molecule has 4 aromatic heterocycles. The molecule has 0 spiro atoms. The SMILES string of the molecule is Cc1cc(-c2cnn(C)c2)ccc1Nc1cc2nc(-c3cnn(CC(C)(C)O)c3)ccc2cn1. The van der Waals surface area contributed by atoms with Crippen LogP contribution in [0.1, 0.15) is 19.4 Å². The highest BCUT2D eigenvalue weighted by atomic mass is 16.3. The quantitative estimate of drug-likeness (QED) is 0.387. The minimum absolute atomic E-state index is 0.414. The highest BCUT2D eigenvalue weighted by Crippen LogP contribution is 2.28. The molecule has 172 valence electrons. The molecule has 2 N–H and O–H groups in total. The Morgan fingerprint density at radius 3 is 2.50 bits per heavy atom. The van der Waals surface area contributed by atoms with E-state index in [9.17, 15) is 5.11 Å². The third-order valence-electron chi connectivity index (χ3n) is 5.58. The van der Waals surface area contributed by atoms with Gasteiger partial charge >= 0.3 is 0 Å². The molecule has 5 rings (SSSR count). The van der Waals surface area contributed by atoms with E-state index in [0.29, 0.717) is 6.54 Å². The molecule has 0 bridgehead atoms. The number of fused-ring (bicyclic) bond motifs is 1. The molecular weight excluding hydrogens is 426 g/mol. The molecule has 0 saturated heterocycles. The first-order chi connectivity index (χ1) is 16.2. The lowest BCUT2D eigenvalue weighted by atomic mass is 10.1. The van der Waals surface area contributed by atoms with Gasteiger partial charge in [0.2, 0.25) is 0 Å². The van der Waals surface area contributed by atoms with Crippen molar-refractivity contribution < 1.29 is 5.11 Å². The maximum Gasteiger partial charge on any atom is 0.132 e. The standard InChI is InChI=1S/C26H27N7O/c1-17-9-18(20-12-28-32(4)14-20)5-7-22(17)31-25-10-24-19(11-27-25)6-8-23(30-24)21-13-29-33(15-21)16-26(2,3)34/h5-15,34H,16H2,1-4H3,(H,27,31). The van der Waals surface area contributed by atoms with Crippen molar-refractivity contribution >= 4 is 22.4 Å². The third kappa shape index (κ3) is 4.67. The summed E-state index contributed by atoms with van der Waals surface area (Å²) in [5, 5.41) is 23.0. The van der Waals surface area contributed by atoms with E-state index < -0.39 is 5.60 Å². The van der Waals surface area contributed by atoms with Crippen molar-refractivity contribution in [2.45, 2.75) is 32.9 Å². The van der Waals surface area contributed by atoms with Crippen molar-refractivity contribution in [3.05, 3.63) is 72.9 Å². The number of hydrogen-bond acceptors (Lipinski definition) is 6. The van der Waals surface area contributed by atoms with Gasteiger partial charge in [-0.15, -0.1) is 0 Å². The van der Waals surface area contributed by atoms with E-state index >= 15 is 0 Å². The first kappa shape index (κ1) is 21.8. The average molecular weight is 454 g/mol. The molecule has 8 nitrogen and oxygen atoms in total. The zero-order valence-corrected chi connectivity index (χ0v) is 19.7. The van der Waals surface area contributed by atoms with Gasteiger partial charge in [0.1, 0.15) is 5.82 Å². The highest BCUT2D eigenvalue weighted by Gasteiger charge is 2.15. The van der Waals surface area contributed by atoms with Gasteiger partial charge < -0.3 is 10.4 Å². The summed E-state index contributed by atoms with van der Waals surface area (Å²) < 4.78 is 3.54. The molecule has 0 aliphatic rings. The number of pyridine rings is 2. The van der Waals surface area contributed by atoms with E-state index in [1.165, 1.54) is 0 Å². The number of anilines is 2. The molecule has 0 fully saturated rings. The summed E-state index contributed by atoms with van der Waals surface area (Å²) in [4.78, 5) is 9.40. The topological polar surface area (TPSA) is 93.7 Å². The lowest BCUT2D eigenvalue weighted by Crippen LogP contribution is -2.26. The average Bonchev–Trinajstić information content (AvgIpc) is 3.42. The van der Waals surface area contributed by atoms with Crippen molar-refractivity contribution in [1.82, 2.24) is 29.5 Å². The van der Waals surface area contributed by atoms with Crippen molar-refractivity contribution in [3.8, 4) is 22.4 Å². The molecule has 0 unspecified atom stereocenters. The lowest BCUT2D eigenvalue weighted by Gasteiger charge is -2.16. The van der Waals surface area contributed by atoms with Gasteiger partial charge in [-0.2, -0.15) is 10.2 Å². The monoisotopic (exact) mass is 453 g/mol. The Hall–Kier alpha value is -4.04. The predicted molar refractivity (Wildman–Crippen MR) is 134 cm³/mol. The summed E-state index contributed by atoms with van der Waals surface area (Å²) in [5.74, 6) is 0.729. The fraction of sp³-hybridized carbons (Fsp3) is 0.231. The fourth-order valence-electron chi connectivity index (χ4n) is 3.92. The number of nitrogens with zero attached hydrogens (tertiary/aromatic N) is 6. The molecule has 0 aliphatic carbocycles. The second-order valence-corrected chi connectivity index (χ2v) is 9.26. The summed E-state index contributed by atoms with van der Waals surface area (Å²) >= 11 is 0. The number of nitrogens with one attached hydrogen (secondary N) is 1. The minimum atomic E-state index is -0.833. The largest absolute Gasteiger partial charge is 0.389 e. The molecule has 0 amide bonds. The first-order valence-corrected chi connectivity index (χ1v) is 11.1. The van der Waals surface area contributed by atoms with Crippen LogP contribution in [0.25, 0.3) is 33.3 Å². The number of hydrogen-bond donors (Lipinski definition) is 2. The van der Waals surface area contributed by atoms with Gasteiger partial charge in [-0.25, -0.2) is 9.97 Å². The molecule has 5 aromatic rings. The summed E-state index contributed by atoms with van der Waals surface area (Å²) in [7, 11) is 1.92. The smallest absolute Gasteiger partial charge is 0.132 e. The van der Waals surface area contributed by atoms with Crippen LogP contribution in [0.2, 0.25) is 0 Å². The Labute approximate surface area is 197 Å². The van der Waals surface area contributed by atoms with Crippen LogP contribution in [0.3, 0.4) is 0 Å². The van der Waals surface area contributed by atoms with Gasteiger partial charge in [0.15, 0.2) is 0 Å². The van der Waals surface area contributed by atoms with Gasteiger partial charge in [0.05, 0.1) is 35.8 Å². The first-order valence-electron chi connectivity index (χ1n) is 11.1. The van der Waals surface area contributed by atoms with Gasteiger partial charge in [0, 0.05) is 53.9 Å². The van der Waals surface area contributed by atoms with Crippen LogP contribution in [-0.4, -0.2) is 40.2 Å². The molecular formula is C26H27N7O. The Kier molecular flexibility index (Phi) is 5.37. The van der Waals surface area contributed by atoms with E-state index in [-0.39, 0.29) is 0 Å². The number of aryl methyl sites for hydroxylation is 2. The number of benzene rings is 1. The number of rotatable bonds is 6.